The van der Waals surface area contributed by atoms with E-state index in [4.69, 9.17) is 9.47 Å². The van der Waals surface area contributed by atoms with Crippen molar-refractivity contribution >= 4 is 35.4 Å². The molecule has 144 valence electrons. The van der Waals surface area contributed by atoms with Gasteiger partial charge in [-0.15, -0.1) is 0 Å². The van der Waals surface area contributed by atoms with Crippen molar-refractivity contribution in [2.24, 2.45) is 0 Å². The highest BCUT2D eigenvalue weighted by Gasteiger charge is 2.24. The van der Waals surface area contributed by atoms with E-state index < -0.39 is 5.91 Å². The molecule has 0 unspecified atom stereocenters. The van der Waals surface area contributed by atoms with Gasteiger partial charge in [-0.3, -0.25) is 14.9 Å². The molecule has 11 heteroatoms. The third-order valence-corrected chi connectivity index (χ3v) is 3.80. The molecule has 1 saturated heterocycles. The summed E-state index contributed by atoms with van der Waals surface area (Å²) in [5.41, 5.74) is 1.49. The Hall–Kier alpha value is -3.05. The molecule has 0 bridgehead atoms. The maximum atomic E-state index is 11.8. The van der Waals surface area contributed by atoms with Crippen molar-refractivity contribution in [3.8, 4) is 0 Å². The van der Waals surface area contributed by atoms with E-state index in [0.29, 0.717) is 55.0 Å². The molecule has 1 aliphatic rings. The van der Waals surface area contributed by atoms with Crippen molar-refractivity contribution in [2.75, 3.05) is 51.2 Å². The number of rotatable bonds is 9. The number of imide groups is 1. The molecule has 2 aromatic rings. The normalized spacial score (nSPS) is 15.6. The Morgan fingerprint density at radius 3 is 2.59 bits per heavy atom. The second-order valence-corrected chi connectivity index (χ2v) is 5.77. The van der Waals surface area contributed by atoms with Crippen molar-refractivity contribution in [2.45, 2.75) is 6.42 Å². The second-order valence-electron chi connectivity index (χ2n) is 5.77. The lowest BCUT2D eigenvalue weighted by Gasteiger charge is -2.10. The van der Waals surface area contributed by atoms with Crippen LogP contribution in [0.5, 0.6) is 0 Å². The first kappa shape index (κ1) is 18.7. The summed E-state index contributed by atoms with van der Waals surface area (Å²) in [6, 6.07) is 0. The minimum absolute atomic E-state index is 0.0408. The van der Waals surface area contributed by atoms with Crippen molar-refractivity contribution < 1.29 is 19.1 Å². The number of aromatic nitrogens is 4. The van der Waals surface area contributed by atoms with Gasteiger partial charge in [0.1, 0.15) is 0 Å². The van der Waals surface area contributed by atoms with Crippen molar-refractivity contribution in [3.05, 3.63) is 17.3 Å². The zero-order chi connectivity index (χ0) is 19.2. The highest BCUT2D eigenvalue weighted by molar-refractivity contribution is 6.15. The molecule has 1 aliphatic heterocycles. The Labute approximate surface area is 155 Å². The SMILES string of the molecule is COCCNc1nc(NCCOC)n2ncc(C=C3CC(=O)NC3=O)c2n1. The third-order valence-electron chi connectivity index (χ3n) is 3.80. The molecule has 3 N–H and O–H groups in total. The van der Waals surface area contributed by atoms with Crippen LogP contribution in [0.15, 0.2) is 11.8 Å². The van der Waals surface area contributed by atoms with Crippen molar-refractivity contribution in [3.63, 3.8) is 0 Å². The van der Waals surface area contributed by atoms with E-state index in [1.54, 1.807) is 26.5 Å². The molecule has 2 amide bonds. The van der Waals surface area contributed by atoms with Crippen LogP contribution in [-0.4, -0.2) is 71.9 Å². The van der Waals surface area contributed by atoms with Gasteiger partial charge in [0, 0.05) is 38.4 Å². The van der Waals surface area contributed by atoms with Crippen LogP contribution >= 0.6 is 0 Å². The fourth-order valence-electron chi connectivity index (χ4n) is 2.53. The van der Waals surface area contributed by atoms with Gasteiger partial charge in [0.05, 0.1) is 25.8 Å². The monoisotopic (exact) mass is 375 g/mol. The van der Waals surface area contributed by atoms with Crippen LogP contribution in [-0.2, 0) is 19.1 Å². The van der Waals surface area contributed by atoms with Gasteiger partial charge in [-0.1, -0.05) is 0 Å². The second kappa shape index (κ2) is 8.56. The highest BCUT2D eigenvalue weighted by atomic mass is 16.5. The first-order valence-electron chi connectivity index (χ1n) is 8.38. The first-order chi connectivity index (χ1) is 13.1. The van der Waals surface area contributed by atoms with Crippen LogP contribution in [0.4, 0.5) is 11.9 Å². The standard InChI is InChI=1S/C16H21N7O4/c1-26-5-3-17-15-21-13-11(7-10-8-12(24)20-14(10)25)9-19-23(13)16(22-15)18-4-6-27-2/h7,9H,3-6,8H2,1-2H3,(H,20,24,25)(H2,17,18,21,22). The molecule has 0 atom stereocenters. The number of amides is 2. The smallest absolute Gasteiger partial charge is 0.254 e. The summed E-state index contributed by atoms with van der Waals surface area (Å²) in [6.45, 7) is 2.07. The van der Waals surface area contributed by atoms with Crippen molar-refractivity contribution in [1.29, 1.82) is 0 Å². The lowest BCUT2D eigenvalue weighted by Crippen LogP contribution is -2.19. The van der Waals surface area contributed by atoms with E-state index in [0.717, 1.165) is 0 Å². The van der Waals surface area contributed by atoms with Gasteiger partial charge in [0.25, 0.3) is 5.91 Å². The van der Waals surface area contributed by atoms with Gasteiger partial charge in [-0.2, -0.15) is 19.6 Å². The molecule has 0 radical (unpaired) electrons. The number of anilines is 2. The van der Waals surface area contributed by atoms with Gasteiger partial charge >= 0.3 is 0 Å². The molecule has 0 spiro atoms. The van der Waals surface area contributed by atoms with Gasteiger partial charge in [0.2, 0.25) is 17.8 Å². The van der Waals surface area contributed by atoms with Crippen molar-refractivity contribution in [1.82, 2.24) is 24.9 Å². The highest BCUT2D eigenvalue weighted by Crippen LogP contribution is 2.20. The zero-order valence-corrected chi connectivity index (χ0v) is 15.1. The summed E-state index contributed by atoms with van der Waals surface area (Å²) in [4.78, 5) is 32.1. The number of methoxy groups -OCH3 is 2. The number of hydrogen-bond donors (Lipinski definition) is 3. The van der Waals surface area contributed by atoms with E-state index in [1.165, 1.54) is 4.52 Å². The Balaban J connectivity index is 1.96. The largest absolute Gasteiger partial charge is 0.383 e. The fraction of sp³-hybridized carbons (Fsp3) is 0.438. The quantitative estimate of drug-likeness (QED) is 0.306. The van der Waals surface area contributed by atoms with Crippen LogP contribution in [0.1, 0.15) is 12.0 Å². The topological polar surface area (TPSA) is 132 Å². The summed E-state index contributed by atoms with van der Waals surface area (Å²) >= 11 is 0. The zero-order valence-electron chi connectivity index (χ0n) is 15.1. The molecule has 0 saturated carbocycles. The van der Waals surface area contributed by atoms with Gasteiger partial charge in [-0.05, 0) is 6.08 Å². The molecule has 2 aromatic heterocycles. The third kappa shape index (κ3) is 4.38. The molecule has 0 aromatic carbocycles. The summed E-state index contributed by atoms with van der Waals surface area (Å²) in [7, 11) is 3.22. The van der Waals surface area contributed by atoms with Crippen LogP contribution in [0.3, 0.4) is 0 Å². The van der Waals surface area contributed by atoms with Gasteiger partial charge in [0.15, 0.2) is 5.65 Å². The number of hydrogen-bond acceptors (Lipinski definition) is 9. The van der Waals surface area contributed by atoms with Gasteiger partial charge < -0.3 is 20.1 Å². The number of carbonyl (C=O) groups is 2. The number of carbonyl (C=O) groups excluding carboxylic acids is 2. The van der Waals surface area contributed by atoms with E-state index in [2.05, 4.69) is 31.0 Å². The predicted octanol–water partition coefficient (Wildman–Crippen LogP) is -0.329. The maximum absolute atomic E-state index is 11.8. The summed E-state index contributed by atoms with van der Waals surface area (Å²) in [5.74, 6) is 0.159. The van der Waals surface area contributed by atoms with E-state index >= 15 is 0 Å². The number of nitrogens with zero attached hydrogens (tertiary/aromatic N) is 4. The van der Waals surface area contributed by atoms with E-state index in [-0.39, 0.29) is 12.3 Å². The fourth-order valence-corrected chi connectivity index (χ4v) is 2.53. The average molecular weight is 375 g/mol. The molecule has 0 aliphatic carbocycles. The lowest BCUT2D eigenvalue weighted by atomic mass is 10.1. The average Bonchev–Trinajstić information content (AvgIpc) is 3.18. The Kier molecular flexibility index (Phi) is 5.94. The molecule has 11 nitrogen and oxygen atoms in total. The minimum Gasteiger partial charge on any atom is -0.383 e. The van der Waals surface area contributed by atoms with Gasteiger partial charge in [-0.25, -0.2) is 0 Å². The summed E-state index contributed by atoms with van der Waals surface area (Å²) in [6.07, 6.45) is 3.24. The molecule has 1 fully saturated rings. The van der Waals surface area contributed by atoms with Crippen LogP contribution in [0.25, 0.3) is 11.7 Å². The Morgan fingerprint density at radius 1 is 1.19 bits per heavy atom. The first-order valence-corrected chi connectivity index (χ1v) is 8.38. The number of ether oxygens (including phenoxy) is 2. The minimum atomic E-state index is -0.398. The predicted molar refractivity (Wildman–Crippen MR) is 97.3 cm³/mol. The van der Waals surface area contributed by atoms with E-state index in [1.807, 2.05) is 0 Å². The molecular formula is C16H21N7O4. The van der Waals surface area contributed by atoms with Crippen LogP contribution in [0, 0.1) is 0 Å². The molecule has 3 rings (SSSR count). The summed E-state index contributed by atoms with van der Waals surface area (Å²) in [5, 5.41) is 12.8. The molecular weight excluding hydrogens is 354 g/mol. The Bertz CT molecular complexity index is 877. The lowest BCUT2D eigenvalue weighted by molar-refractivity contribution is -0.124. The molecule has 27 heavy (non-hydrogen) atoms. The summed E-state index contributed by atoms with van der Waals surface area (Å²) < 4.78 is 11.6. The van der Waals surface area contributed by atoms with Crippen LogP contribution < -0.4 is 16.0 Å². The number of fused-ring (bicyclic) bond motifs is 1. The molecule has 3 heterocycles. The van der Waals surface area contributed by atoms with Crippen LogP contribution in [0.2, 0.25) is 0 Å². The maximum Gasteiger partial charge on any atom is 0.254 e. The van der Waals surface area contributed by atoms with E-state index in [9.17, 15) is 9.59 Å². The Morgan fingerprint density at radius 2 is 1.93 bits per heavy atom. The number of nitrogens with one attached hydrogen (secondary N) is 3.